The first-order chi connectivity index (χ1) is 10.3. The highest BCUT2D eigenvalue weighted by molar-refractivity contribution is 7.88. The molecule has 0 unspecified atom stereocenters. The first-order valence-electron chi connectivity index (χ1n) is 7.08. The number of nitro benzene ring substituents is 1. The molecule has 0 saturated carbocycles. The average Bonchev–Trinajstić information content (AvgIpc) is 2.42. The van der Waals surface area contributed by atoms with Crippen LogP contribution in [0.5, 0.6) is 0 Å². The van der Waals surface area contributed by atoms with Gasteiger partial charge in [0.2, 0.25) is 10.0 Å². The summed E-state index contributed by atoms with van der Waals surface area (Å²) in [6.45, 7) is 5.58. The van der Waals surface area contributed by atoms with Gasteiger partial charge < -0.3 is 4.74 Å². The Bertz CT molecular complexity index is 569. The molecule has 1 N–H and O–H groups in total. The van der Waals surface area contributed by atoms with E-state index >= 15 is 0 Å². The zero-order valence-electron chi connectivity index (χ0n) is 12.8. The fraction of sp³-hybridized carbons (Fsp3) is 0.571. The van der Waals surface area contributed by atoms with Gasteiger partial charge in [0.25, 0.3) is 5.69 Å². The molecule has 0 bridgehead atoms. The predicted octanol–water partition coefficient (Wildman–Crippen LogP) is 2.08. The molecule has 22 heavy (non-hydrogen) atoms. The van der Waals surface area contributed by atoms with Gasteiger partial charge in [-0.3, -0.25) is 10.1 Å². The van der Waals surface area contributed by atoms with Crippen molar-refractivity contribution < 1.29 is 18.1 Å². The Balaban J connectivity index is 2.35. The van der Waals surface area contributed by atoms with E-state index in [1.165, 1.54) is 24.3 Å². The van der Waals surface area contributed by atoms with Gasteiger partial charge in [-0.05, 0) is 17.9 Å². The van der Waals surface area contributed by atoms with Crippen molar-refractivity contribution in [2.24, 2.45) is 5.92 Å². The van der Waals surface area contributed by atoms with Crippen molar-refractivity contribution in [3.63, 3.8) is 0 Å². The fourth-order valence-electron chi connectivity index (χ4n) is 1.71. The van der Waals surface area contributed by atoms with Gasteiger partial charge in [-0.25, -0.2) is 13.1 Å². The zero-order valence-corrected chi connectivity index (χ0v) is 13.6. The highest BCUT2D eigenvalue weighted by Crippen LogP contribution is 2.13. The lowest BCUT2D eigenvalue weighted by molar-refractivity contribution is -0.384. The topological polar surface area (TPSA) is 98.5 Å². The van der Waals surface area contributed by atoms with Crippen LogP contribution in [0, 0.1) is 16.0 Å². The van der Waals surface area contributed by atoms with Crippen molar-refractivity contribution >= 4 is 15.7 Å². The summed E-state index contributed by atoms with van der Waals surface area (Å²) in [6, 6.07) is 5.49. The summed E-state index contributed by atoms with van der Waals surface area (Å²) >= 11 is 0. The first-order valence-corrected chi connectivity index (χ1v) is 8.74. The van der Waals surface area contributed by atoms with Crippen molar-refractivity contribution in [1.82, 2.24) is 4.72 Å². The predicted molar refractivity (Wildman–Crippen MR) is 84.0 cm³/mol. The van der Waals surface area contributed by atoms with Crippen LogP contribution < -0.4 is 4.72 Å². The number of hydrogen-bond donors (Lipinski definition) is 1. The molecule has 0 aliphatic carbocycles. The van der Waals surface area contributed by atoms with Crippen LogP contribution in [-0.2, 0) is 20.5 Å². The van der Waals surface area contributed by atoms with Gasteiger partial charge in [0.05, 0.1) is 10.7 Å². The molecule has 0 heterocycles. The molecule has 0 aromatic heterocycles. The second-order valence-electron chi connectivity index (χ2n) is 5.40. The van der Waals surface area contributed by atoms with E-state index in [2.05, 4.69) is 4.72 Å². The van der Waals surface area contributed by atoms with Crippen molar-refractivity contribution in [1.29, 1.82) is 0 Å². The van der Waals surface area contributed by atoms with E-state index in [-0.39, 0.29) is 11.4 Å². The van der Waals surface area contributed by atoms with Gasteiger partial charge in [-0.15, -0.1) is 0 Å². The van der Waals surface area contributed by atoms with E-state index in [1.807, 2.05) is 13.8 Å². The van der Waals surface area contributed by atoms with Gasteiger partial charge in [0.1, 0.15) is 0 Å². The number of nitrogens with zero attached hydrogens (tertiary/aromatic N) is 1. The van der Waals surface area contributed by atoms with Crippen LogP contribution in [-0.4, -0.2) is 33.1 Å². The minimum Gasteiger partial charge on any atom is -0.381 e. The van der Waals surface area contributed by atoms with E-state index in [0.717, 1.165) is 0 Å². The lowest BCUT2D eigenvalue weighted by Crippen LogP contribution is -2.27. The summed E-state index contributed by atoms with van der Waals surface area (Å²) in [4.78, 5) is 10.0. The molecule has 7 nitrogen and oxygen atoms in total. The molecule has 124 valence electrons. The van der Waals surface area contributed by atoms with Gasteiger partial charge in [-0.1, -0.05) is 26.0 Å². The summed E-state index contributed by atoms with van der Waals surface area (Å²) in [6.07, 6.45) is 0.603. The minimum atomic E-state index is -3.45. The SMILES string of the molecule is CC(C)COCCCNS(=O)(=O)Cc1ccc([N+](=O)[O-])cc1. The van der Waals surface area contributed by atoms with Crippen LogP contribution in [0.3, 0.4) is 0 Å². The van der Waals surface area contributed by atoms with Gasteiger partial charge in [0.15, 0.2) is 0 Å². The molecule has 1 aromatic rings. The third-order valence-corrected chi connectivity index (χ3v) is 4.10. The van der Waals surface area contributed by atoms with E-state index in [0.29, 0.717) is 37.7 Å². The second kappa shape index (κ2) is 8.82. The number of nitrogens with one attached hydrogen (secondary N) is 1. The van der Waals surface area contributed by atoms with E-state index in [4.69, 9.17) is 4.74 Å². The van der Waals surface area contributed by atoms with Crippen molar-refractivity contribution in [2.75, 3.05) is 19.8 Å². The van der Waals surface area contributed by atoms with Crippen LogP contribution in [0.1, 0.15) is 25.8 Å². The van der Waals surface area contributed by atoms with Gasteiger partial charge in [-0.2, -0.15) is 0 Å². The van der Waals surface area contributed by atoms with E-state index in [1.54, 1.807) is 0 Å². The molecule has 0 spiro atoms. The maximum Gasteiger partial charge on any atom is 0.269 e. The number of non-ortho nitro benzene ring substituents is 1. The van der Waals surface area contributed by atoms with Crippen LogP contribution in [0.15, 0.2) is 24.3 Å². The zero-order chi connectivity index (χ0) is 16.6. The fourth-order valence-corrected chi connectivity index (χ4v) is 2.89. The normalized spacial score (nSPS) is 11.8. The smallest absolute Gasteiger partial charge is 0.269 e. The molecule has 8 heteroatoms. The summed E-state index contributed by atoms with van der Waals surface area (Å²) in [7, 11) is -3.45. The molecule has 0 saturated heterocycles. The maximum absolute atomic E-state index is 11.9. The highest BCUT2D eigenvalue weighted by Gasteiger charge is 2.12. The Morgan fingerprint density at radius 2 is 1.91 bits per heavy atom. The Morgan fingerprint density at radius 3 is 2.45 bits per heavy atom. The van der Waals surface area contributed by atoms with Crippen molar-refractivity contribution in [3.8, 4) is 0 Å². The molecule has 0 radical (unpaired) electrons. The summed E-state index contributed by atoms with van der Waals surface area (Å²) in [5.41, 5.74) is 0.450. The minimum absolute atomic E-state index is 0.0589. The largest absolute Gasteiger partial charge is 0.381 e. The molecule has 0 aliphatic heterocycles. The third-order valence-electron chi connectivity index (χ3n) is 2.74. The quantitative estimate of drug-likeness (QED) is 0.402. The average molecular weight is 330 g/mol. The molecule has 0 atom stereocenters. The summed E-state index contributed by atoms with van der Waals surface area (Å²) < 4.78 is 31.6. The van der Waals surface area contributed by atoms with Crippen LogP contribution in [0.2, 0.25) is 0 Å². The number of hydrogen-bond acceptors (Lipinski definition) is 5. The highest BCUT2D eigenvalue weighted by atomic mass is 32.2. The number of sulfonamides is 1. The van der Waals surface area contributed by atoms with Crippen molar-refractivity contribution in [3.05, 3.63) is 39.9 Å². The van der Waals surface area contributed by atoms with E-state index < -0.39 is 14.9 Å². The molecule has 0 fully saturated rings. The Hall–Kier alpha value is -1.51. The Labute approximate surface area is 130 Å². The Kier molecular flexibility index (Phi) is 7.43. The van der Waals surface area contributed by atoms with E-state index in [9.17, 15) is 18.5 Å². The molecular formula is C14H22N2O5S. The van der Waals surface area contributed by atoms with Crippen molar-refractivity contribution in [2.45, 2.75) is 26.0 Å². The van der Waals surface area contributed by atoms with Gasteiger partial charge in [0, 0.05) is 31.9 Å². The molecule has 1 aromatic carbocycles. The standard InChI is InChI=1S/C14H22N2O5S/c1-12(2)10-21-9-3-8-15-22(19,20)11-13-4-6-14(7-5-13)16(17)18/h4-7,12,15H,3,8-11H2,1-2H3. The monoisotopic (exact) mass is 330 g/mol. The van der Waals surface area contributed by atoms with Crippen LogP contribution in [0.4, 0.5) is 5.69 Å². The van der Waals surface area contributed by atoms with Gasteiger partial charge >= 0.3 is 0 Å². The lowest BCUT2D eigenvalue weighted by Gasteiger charge is -2.08. The molecule has 0 aliphatic rings. The molecular weight excluding hydrogens is 308 g/mol. The first kappa shape index (κ1) is 18.5. The second-order valence-corrected chi connectivity index (χ2v) is 7.21. The number of nitro groups is 1. The number of rotatable bonds is 10. The third kappa shape index (κ3) is 7.48. The molecule has 0 amide bonds. The van der Waals surface area contributed by atoms with Crippen LogP contribution >= 0.6 is 0 Å². The lowest BCUT2D eigenvalue weighted by atomic mass is 10.2. The number of benzene rings is 1. The maximum atomic E-state index is 11.9. The summed E-state index contributed by atoms with van der Waals surface area (Å²) in [5, 5.41) is 10.5. The summed E-state index contributed by atoms with van der Waals surface area (Å²) in [5.74, 6) is 0.261. The Morgan fingerprint density at radius 1 is 1.27 bits per heavy atom. The van der Waals surface area contributed by atoms with Crippen LogP contribution in [0.25, 0.3) is 0 Å². The number of ether oxygens (including phenoxy) is 1. The molecule has 1 rings (SSSR count).